The molecule has 41 heavy (non-hydrogen) atoms. The van der Waals surface area contributed by atoms with Crippen LogP contribution in [0.15, 0.2) is 47.8 Å². The Morgan fingerprint density at radius 3 is 2.27 bits per heavy atom. The van der Waals surface area contributed by atoms with Crippen LogP contribution in [0.2, 0.25) is 0 Å². The molecule has 14 nitrogen and oxygen atoms in total. The van der Waals surface area contributed by atoms with Gasteiger partial charge in [0.2, 0.25) is 17.7 Å². The molecular formula is C27H41N9O5. The summed E-state index contributed by atoms with van der Waals surface area (Å²) < 4.78 is 0. The molecule has 2 aromatic rings. The van der Waals surface area contributed by atoms with Crippen LogP contribution in [0.4, 0.5) is 0 Å². The van der Waals surface area contributed by atoms with Crippen molar-refractivity contribution in [1.29, 1.82) is 0 Å². The topological polar surface area (TPSA) is 244 Å². The number of nitrogens with two attached hydrogens (primary N) is 3. The van der Waals surface area contributed by atoms with E-state index in [1.54, 1.807) is 6.92 Å². The summed E-state index contributed by atoms with van der Waals surface area (Å²) in [5, 5.41) is 17.6. The zero-order chi connectivity index (χ0) is 30.4. The molecule has 0 saturated carbocycles. The van der Waals surface area contributed by atoms with Crippen molar-refractivity contribution in [2.45, 2.75) is 70.1 Å². The molecule has 0 spiro atoms. The predicted molar refractivity (Wildman–Crippen MR) is 153 cm³/mol. The van der Waals surface area contributed by atoms with Crippen molar-refractivity contribution in [3.8, 4) is 0 Å². The first-order valence-electron chi connectivity index (χ1n) is 13.5. The third-order valence-electron chi connectivity index (χ3n) is 6.60. The molecule has 11 N–H and O–H groups in total. The number of nitrogens with zero attached hydrogens (tertiary/aromatic N) is 2. The van der Waals surface area contributed by atoms with Crippen LogP contribution in [0.3, 0.4) is 0 Å². The maximum atomic E-state index is 13.4. The Kier molecular flexibility index (Phi) is 13.3. The molecule has 1 aromatic heterocycles. The lowest BCUT2D eigenvalue weighted by atomic mass is 9.96. The number of carbonyl (C=O) groups is 4. The number of nitrogens with one attached hydrogen (secondary N) is 4. The zero-order valence-corrected chi connectivity index (χ0v) is 23.4. The molecule has 5 atom stereocenters. The first-order chi connectivity index (χ1) is 19.5. The highest BCUT2D eigenvalue weighted by Gasteiger charge is 2.32. The summed E-state index contributed by atoms with van der Waals surface area (Å²) in [6.45, 7) is 3.86. The molecule has 1 heterocycles. The van der Waals surface area contributed by atoms with Gasteiger partial charge in [0.1, 0.15) is 18.1 Å². The normalized spacial score (nSPS) is 14.5. The number of H-pyrrole nitrogens is 1. The van der Waals surface area contributed by atoms with Gasteiger partial charge < -0.3 is 43.2 Å². The fourth-order valence-corrected chi connectivity index (χ4v) is 4.05. The first-order valence-corrected chi connectivity index (χ1v) is 13.5. The van der Waals surface area contributed by atoms with Crippen LogP contribution < -0.4 is 33.2 Å². The number of aromatic amines is 1. The van der Waals surface area contributed by atoms with Gasteiger partial charge >= 0.3 is 5.97 Å². The average Bonchev–Trinajstić information content (AvgIpc) is 3.45. The Hall–Kier alpha value is -4.46. The largest absolute Gasteiger partial charge is 0.480 e. The fraction of sp³-hybridized carbons (Fsp3) is 0.481. The summed E-state index contributed by atoms with van der Waals surface area (Å²) in [5.74, 6) is -3.47. The van der Waals surface area contributed by atoms with E-state index < -0.39 is 47.9 Å². The van der Waals surface area contributed by atoms with Crippen LogP contribution in [0.5, 0.6) is 0 Å². The summed E-state index contributed by atoms with van der Waals surface area (Å²) in [6, 6.07) is 4.98. The highest BCUT2D eigenvalue weighted by atomic mass is 16.4. The van der Waals surface area contributed by atoms with E-state index in [-0.39, 0.29) is 37.7 Å². The highest BCUT2D eigenvalue weighted by molar-refractivity contribution is 5.94. The Morgan fingerprint density at radius 2 is 1.68 bits per heavy atom. The SMILES string of the molecule is CCC(C)C(NC(=O)C(N)Cc1ccccc1)C(=O)NC(CCCN=C(N)N)C(=O)NC(Cc1cnc[nH]1)C(=O)O. The van der Waals surface area contributed by atoms with Crippen molar-refractivity contribution in [3.05, 3.63) is 54.1 Å². The van der Waals surface area contributed by atoms with E-state index in [1.807, 2.05) is 37.3 Å². The molecule has 5 unspecified atom stereocenters. The second-order valence-electron chi connectivity index (χ2n) is 9.86. The molecule has 0 fully saturated rings. The van der Waals surface area contributed by atoms with Gasteiger partial charge in [0.25, 0.3) is 0 Å². The predicted octanol–water partition coefficient (Wildman–Crippen LogP) is -0.839. The van der Waals surface area contributed by atoms with Crippen LogP contribution in [0.25, 0.3) is 0 Å². The Bertz CT molecular complexity index is 1150. The van der Waals surface area contributed by atoms with Gasteiger partial charge in [-0.05, 0) is 30.7 Å². The number of aliphatic carboxylic acids is 1. The maximum absolute atomic E-state index is 13.4. The number of carboxylic acid groups (broad SMARTS) is 1. The smallest absolute Gasteiger partial charge is 0.326 e. The van der Waals surface area contributed by atoms with Crippen LogP contribution in [-0.4, -0.2) is 75.4 Å². The molecule has 0 aliphatic heterocycles. The summed E-state index contributed by atoms with van der Waals surface area (Å²) in [4.78, 5) is 62.0. The van der Waals surface area contributed by atoms with Crippen molar-refractivity contribution >= 4 is 29.7 Å². The Labute approximate surface area is 238 Å². The molecule has 0 aliphatic carbocycles. The lowest BCUT2D eigenvalue weighted by Gasteiger charge is -2.28. The van der Waals surface area contributed by atoms with Crippen molar-refractivity contribution in [3.63, 3.8) is 0 Å². The third kappa shape index (κ3) is 11.3. The second kappa shape index (κ2) is 16.6. The Morgan fingerprint density at radius 1 is 1.00 bits per heavy atom. The van der Waals surface area contributed by atoms with Crippen LogP contribution in [-0.2, 0) is 32.0 Å². The van der Waals surface area contributed by atoms with Crippen LogP contribution >= 0.6 is 0 Å². The standard InChI is InChI=1S/C27H41N9O5/c1-3-16(2)22(36-23(37)19(28)12-17-8-5-4-6-9-17)25(39)34-20(10-7-11-32-27(29)30)24(38)35-21(26(40)41)13-18-14-31-15-33-18/h4-6,8-9,14-16,19-22H,3,7,10-13,28H2,1-2H3,(H,31,33)(H,34,39)(H,35,38)(H,36,37)(H,40,41)(H4,29,30,32). The number of guanidine groups is 1. The number of carbonyl (C=O) groups excluding carboxylic acids is 3. The van der Waals surface area contributed by atoms with Gasteiger partial charge in [-0.25, -0.2) is 9.78 Å². The van der Waals surface area contributed by atoms with Gasteiger partial charge in [-0.2, -0.15) is 0 Å². The number of amides is 3. The maximum Gasteiger partial charge on any atom is 0.326 e. The quantitative estimate of drug-likeness (QED) is 0.0669. The first kappa shape index (κ1) is 32.8. The molecule has 224 valence electrons. The summed E-state index contributed by atoms with van der Waals surface area (Å²) >= 11 is 0. The summed E-state index contributed by atoms with van der Waals surface area (Å²) in [7, 11) is 0. The highest BCUT2D eigenvalue weighted by Crippen LogP contribution is 2.11. The van der Waals surface area contributed by atoms with Gasteiger partial charge in [-0.15, -0.1) is 0 Å². The number of rotatable bonds is 17. The van der Waals surface area contributed by atoms with Gasteiger partial charge in [0, 0.05) is 24.9 Å². The Balaban J connectivity index is 2.16. The van der Waals surface area contributed by atoms with Gasteiger partial charge in [-0.1, -0.05) is 50.6 Å². The van der Waals surface area contributed by atoms with Gasteiger partial charge in [0.15, 0.2) is 5.96 Å². The van der Waals surface area contributed by atoms with Gasteiger partial charge in [-0.3, -0.25) is 19.4 Å². The second-order valence-corrected chi connectivity index (χ2v) is 9.86. The minimum atomic E-state index is -1.28. The number of benzene rings is 1. The lowest BCUT2D eigenvalue weighted by molar-refractivity contribution is -0.142. The van der Waals surface area contributed by atoms with Crippen molar-refractivity contribution in [1.82, 2.24) is 25.9 Å². The van der Waals surface area contributed by atoms with Crippen molar-refractivity contribution in [2.75, 3.05) is 6.54 Å². The average molecular weight is 572 g/mol. The van der Waals surface area contributed by atoms with E-state index in [2.05, 4.69) is 30.9 Å². The molecule has 2 rings (SSSR count). The molecule has 0 aliphatic rings. The number of hydrogen-bond donors (Lipinski definition) is 8. The zero-order valence-electron chi connectivity index (χ0n) is 23.4. The molecule has 1 aromatic carbocycles. The van der Waals surface area contributed by atoms with E-state index >= 15 is 0 Å². The summed E-state index contributed by atoms with van der Waals surface area (Å²) in [5.41, 5.74) is 18.3. The van der Waals surface area contributed by atoms with Crippen molar-refractivity contribution in [2.24, 2.45) is 28.1 Å². The van der Waals surface area contributed by atoms with E-state index in [0.29, 0.717) is 18.5 Å². The number of aliphatic imine (C=N–C) groups is 1. The molecule has 14 heteroatoms. The number of hydrogen-bond acceptors (Lipinski definition) is 7. The van der Waals surface area contributed by atoms with Gasteiger partial charge in [0.05, 0.1) is 12.4 Å². The molecule has 0 radical (unpaired) electrons. The summed E-state index contributed by atoms with van der Waals surface area (Å²) in [6.07, 6.45) is 4.08. The molecular weight excluding hydrogens is 530 g/mol. The number of aromatic nitrogens is 2. The van der Waals surface area contributed by atoms with Crippen LogP contribution in [0, 0.1) is 5.92 Å². The minimum Gasteiger partial charge on any atom is -0.480 e. The van der Waals surface area contributed by atoms with E-state index in [9.17, 15) is 24.3 Å². The lowest BCUT2D eigenvalue weighted by Crippen LogP contribution is -2.59. The van der Waals surface area contributed by atoms with Crippen molar-refractivity contribution < 1.29 is 24.3 Å². The monoisotopic (exact) mass is 571 g/mol. The molecule has 0 saturated heterocycles. The van der Waals surface area contributed by atoms with Crippen LogP contribution in [0.1, 0.15) is 44.4 Å². The van der Waals surface area contributed by atoms with E-state index in [4.69, 9.17) is 17.2 Å². The van der Waals surface area contributed by atoms with E-state index in [0.717, 1.165) is 5.56 Å². The molecule has 0 bridgehead atoms. The number of imidazole rings is 1. The minimum absolute atomic E-state index is 0.0411. The fourth-order valence-electron chi connectivity index (χ4n) is 4.05. The third-order valence-corrected chi connectivity index (χ3v) is 6.60. The molecule has 3 amide bonds. The van der Waals surface area contributed by atoms with E-state index in [1.165, 1.54) is 12.5 Å². The number of carboxylic acids is 1.